The Hall–Kier alpha value is -0.840. The van der Waals surface area contributed by atoms with E-state index in [1.807, 2.05) is 49.4 Å². The molecular formula is C16H16Br2O2. The maximum atomic E-state index is 10.8. The molecule has 0 aliphatic heterocycles. The second-order valence-electron chi connectivity index (χ2n) is 4.91. The van der Waals surface area contributed by atoms with Crippen molar-refractivity contribution in [2.75, 3.05) is 7.11 Å². The Morgan fingerprint density at radius 2 is 1.65 bits per heavy atom. The van der Waals surface area contributed by atoms with E-state index in [9.17, 15) is 5.11 Å². The molecule has 0 aliphatic rings. The zero-order chi connectivity index (χ0) is 14.8. The van der Waals surface area contributed by atoms with Gasteiger partial charge in [-0.25, -0.2) is 0 Å². The number of rotatable bonds is 4. The predicted molar refractivity (Wildman–Crippen MR) is 88.1 cm³/mol. The van der Waals surface area contributed by atoms with Gasteiger partial charge in [0.25, 0.3) is 0 Å². The number of halogens is 2. The van der Waals surface area contributed by atoms with Crippen molar-refractivity contribution in [2.45, 2.75) is 18.9 Å². The average molecular weight is 400 g/mol. The minimum atomic E-state index is -0.950. The first-order valence-electron chi connectivity index (χ1n) is 6.23. The van der Waals surface area contributed by atoms with Crippen LogP contribution in [0.2, 0.25) is 0 Å². The van der Waals surface area contributed by atoms with E-state index in [0.717, 1.165) is 25.8 Å². The first-order chi connectivity index (χ1) is 9.42. The topological polar surface area (TPSA) is 29.5 Å². The van der Waals surface area contributed by atoms with Crippen molar-refractivity contribution in [3.63, 3.8) is 0 Å². The summed E-state index contributed by atoms with van der Waals surface area (Å²) in [7, 11) is 1.64. The fourth-order valence-corrected chi connectivity index (χ4v) is 2.84. The van der Waals surface area contributed by atoms with Crippen LogP contribution in [0.4, 0.5) is 0 Å². The Labute approximate surface area is 136 Å². The van der Waals surface area contributed by atoms with Crippen LogP contribution in [0.3, 0.4) is 0 Å². The third-order valence-electron chi connectivity index (χ3n) is 3.24. The largest absolute Gasteiger partial charge is 0.496 e. The molecule has 0 amide bonds. The highest BCUT2D eigenvalue weighted by Gasteiger charge is 2.25. The normalized spacial score (nSPS) is 13.8. The number of hydrogen-bond donors (Lipinski definition) is 1. The number of hydrogen-bond acceptors (Lipinski definition) is 2. The molecule has 2 nitrogen and oxygen atoms in total. The van der Waals surface area contributed by atoms with Gasteiger partial charge >= 0.3 is 0 Å². The Kier molecular flexibility index (Phi) is 4.89. The van der Waals surface area contributed by atoms with Gasteiger partial charge in [-0.05, 0) is 48.4 Å². The molecule has 2 rings (SSSR count). The Morgan fingerprint density at radius 1 is 1.05 bits per heavy atom. The highest BCUT2D eigenvalue weighted by Crippen LogP contribution is 2.32. The van der Waals surface area contributed by atoms with Crippen molar-refractivity contribution in [2.24, 2.45) is 0 Å². The van der Waals surface area contributed by atoms with E-state index in [0.29, 0.717) is 6.42 Å². The van der Waals surface area contributed by atoms with E-state index in [2.05, 4.69) is 31.9 Å². The molecule has 0 saturated heterocycles. The van der Waals surface area contributed by atoms with Gasteiger partial charge in [-0.2, -0.15) is 0 Å². The van der Waals surface area contributed by atoms with Crippen molar-refractivity contribution < 1.29 is 9.84 Å². The van der Waals surface area contributed by atoms with Crippen molar-refractivity contribution in [3.05, 3.63) is 62.5 Å². The lowest BCUT2D eigenvalue weighted by Crippen LogP contribution is -2.24. The van der Waals surface area contributed by atoms with Crippen LogP contribution in [0.5, 0.6) is 5.75 Å². The third-order valence-corrected chi connectivity index (χ3v) is 4.27. The molecule has 2 aromatic carbocycles. The van der Waals surface area contributed by atoms with Crippen LogP contribution in [0.25, 0.3) is 0 Å². The smallest absolute Gasteiger partial charge is 0.122 e. The minimum Gasteiger partial charge on any atom is -0.496 e. The fourth-order valence-electron chi connectivity index (χ4n) is 2.17. The molecule has 0 saturated carbocycles. The highest BCUT2D eigenvalue weighted by molar-refractivity contribution is 9.10. The Balaban J connectivity index is 2.32. The molecular weight excluding hydrogens is 384 g/mol. The monoisotopic (exact) mass is 398 g/mol. The van der Waals surface area contributed by atoms with Crippen LogP contribution in [-0.4, -0.2) is 12.2 Å². The van der Waals surface area contributed by atoms with Gasteiger partial charge < -0.3 is 9.84 Å². The van der Waals surface area contributed by atoms with E-state index in [-0.39, 0.29) is 0 Å². The SMILES string of the molecule is COc1ccc(Br)cc1CC(C)(O)c1ccc(Br)cc1. The number of aliphatic hydroxyl groups is 1. The van der Waals surface area contributed by atoms with Crippen LogP contribution in [0, 0.1) is 0 Å². The third kappa shape index (κ3) is 3.62. The molecule has 2 aromatic rings. The van der Waals surface area contributed by atoms with Crippen LogP contribution < -0.4 is 4.74 Å². The van der Waals surface area contributed by atoms with E-state index < -0.39 is 5.60 Å². The van der Waals surface area contributed by atoms with Crippen molar-refractivity contribution in [1.29, 1.82) is 0 Å². The van der Waals surface area contributed by atoms with Gasteiger partial charge in [-0.15, -0.1) is 0 Å². The van der Waals surface area contributed by atoms with E-state index in [1.165, 1.54) is 0 Å². The van der Waals surface area contributed by atoms with Gasteiger partial charge in [-0.3, -0.25) is 0 Å². The van der Waals surface area contributed by atoms with Gasteiger partial charge in [0.1, 0.15) is 5.75 Å². The molecule has 20 heavy (non-hydrogen) atoms. The molecule has 1 N–H and O–H groups in total. The molecule has 0 aliphatic carbocycles. The van der Waals surface area contributed by atoms with Crippen LogP contribution in [0.1, 0.15) is 18.1 Å². The zero-order valence-corrected chi connectivity index (χ0v) is 14.5. The Bertz CT molecular complexity index is 592. The zero-order valence-electron chi connectivity index (χ0n) is 11.4. The summed E-state index contributed by atoms with van der Waals surface area (Å²) in [5.74, 6) is 0.783. The van der Waals surface area contributed by atoms with Crippen LogP contribution >= 0.6 is 31.9 Å². The summed E-state index contributed by atoms with van der Waals surface area (Å²) >= 11 is 6.86. The first-order valence-corrected chi connectivity index (χ1v) is 7.82. The highest BCUT2D eigenvalue weighted by atomic mass is 79.9. The summed E-state index contributed by atoms with van der Waals surface area (Å²) in [5, 5.41) is 10.8. The molecule has 4 heteroatoms. The van der Waals surface area contributed by atoms with E-state index >= 15 is 0 Å². The van der Waals surface area contributed by atoms with Gasteiger partial charge in [-0.1, -0.05) is 44.0 Å². The second-order valence-corrected chi connectivity index (χ2v) is 6.75. The van der Waals surface area contributed by atoms with Gasteiger partial charge in [0.05, 0.1) is 12.7 Å². The molecule has 106 valence electrons. The predicted octanol–water partition coefficient (Wildman–Crippen LogP) is 4.67. The van der Waals surface area contributed by atoms with Crippen molar-refractivity contribution in [3.8, 4) is 5.75 Å². The summed E-state index contributed by atoms with van der Waals surface area (Å²) in [4.78, 5) is 0. The summed E-state index contributed by atoms with van der Waals surface area (Å²) in [6.45, 7) is 1.82. The van der Waals surface area contributed by atoms with Gasteiger partial charge in [0.2, 0.25) is 0 Å². The van der Waals surface area contributed by atoms with Gasteiger partial charge in [0, 0.05) is 15.4 Å². The standard InChI is InChI=1S/C16H16Br2O2/c1-16(19,12-3-5-13(17)6-4-12)10-11-9-14(18)7-8-15(11)20-2/h3-9,19H,10H2,1-2H3. The molecule has 0 aromatic heterocycles. The summed E-state index contributed by atoms with van der Waals surface area (Å²) < 4.78 is 7.33. The second kappa shape index (κ2) is 6.29. The number of ether oxygens (including phenoxy) is 1. The maximum absolute atomic E-state index is 10.8. The summed E-state index contributed by atoms with van der Waals surface area (Å²) in [5.41, 5.74) is 0.895. The first kappa shape index (κ1) is 15.5. The molecule has 0 bridgehead atoms. The minimum absolute atomic E-state index is 0.483. The van der Waals surface area contributed by atoms with Crippen LogP contribution in [-0.2, 0) is 12.0 Å². The number of methoxy groups -OCH3 is 1. The molecule has 0 radical (unpaired) electrons. The lowest BCUT2D eigenvalue weighted by Gasteiger charge is -2.25. The molecule has 1 unspecified atom stereocenters. The molecule has 1 atom stereocenters. The Morgan fingerprint density at radius 3 is 2.25 bits per heavy atom. The lowest BCUT2D eigenvalue weighted by molar-refractivity contribution is 0.0569. The van der Waals surface area contributed by atoms with Crippen LogP contribution in [0.15, 0.2) is 51.4 Å². The van der Waals surface area contributed by atoms with Crippen molar-refractivity contribution in [1.82, 2.24) is 0 Å². The summed E-state index contributed by atoms with van der Waals surface area (Å²) in [6, 6.07) is 13.5. The maximum Gasteiger partial charge on any atom is 0.122 e. The lowest BCUT2D eigenvalue weighted by atomic mass is 9.89. The quantitative estimate of drug-likeness (QED) is 0.809. The van der Waals surface area contributed by atoms with Gasteiger partial charge in [0.15, 0.2) is 0 Å². The number of benzene rings is 2. The fraction of sp³-hybridized carbons (Fsp3) is 0.250. The molecule has 0 fully saturated rings. The molecule has 0 heterocycles. The average Bonchev–Trinajstić information content (AvgIpc) is 2.39. The molecule has 0 spiro atoms. The van der Waals surface area contributed by atoms with Crippen molar-refractivity contribution >= 4 is 31.9 Å². The summed E-state index contributed by atoms with van der Waals surface area (Å²) in [6.07, 6.45) is 0.483. The van der Waals surface area contributed by atoms with E-state index in [1.54, 1.807) is 7.11 Å². The van der Waals surface area contributed by atoms with E-state index in [4.69, 9.17) is 4.74 Å².